The minimum atomic E-state index is -0.974. The molecule has 0 fully saturated rings. The van der Waals surface area contributed by atoms with Crippen molar-refractivity contribution in [2.45, 2.75) is 39.5 Å². The number of carboxylic acid groups (broad SMARTS) is 1. The standard InChI is InChI=1S/C14H28N2O3S/c1-12(2)10-16(11-13(17)18)14(19)15-8-6-4-5-7-9-20-3/h12H,4-11H2,1-3H3,(H,15,19)(H,17,18). The molecule has 0 rings (SSSR count). The highest BCUT2D eigenvalue weighted by molar-refractivity contribution is 7.98. The second-order valence-electron chi connectivity index (χ2n) is 5.31. The summed E-state index contributed by atoms with van der Waals surface area (Å²) in [5.74, 6) is 0.470. The molecule has 118 valence electrons. The van der Waals surface area contributed by atoms with Crippen LogP contribution >= 0.6 is 11.8 Å². The average molecular weight is 304 g/mol. The first-order chi connectivity index (χ1) is 9.47. The fraction of sp³-hybridized carbons (Fsp3) is 0.857. The van der Waals surface area contributed by atoms with E-state index in [1.807, 2.05) is 25.6 Å². The highest BCUT2D eigenvalue weighted by Gasteiger charge is 2.17. The fourth-order valence-corrected chi connectivity index (χ4v) is 2.35. The molecule has 0 atom stereocenters. The lowest BCUT2D eigenvalue weighted by Crippen LogP contribution is -2.44. The minimum Gasteiger partial charge on any atom is -0.480 e. The van der Waals surface area contributed by atoms with Crippen LogP contribution in [0.1, 0.15) is 39.5 Å². The number of carbonyl (C=O) groups excluding carboxylic acids is 1. The van der Waals surface area contributed by atoms with E-state index in [2.05, 4.69) is 11.6 Å². The zero-order valence-corrected chi connectivity index (χ0v) is 13.7. The molecule has 5 nitrogen and oxygen atoms in total. The predicted octanol–water partition coefficient (Wildman–Crippen LogP) is 2.66. The summed E-state index contributed by atoms with van der Waals surface area (Å²) in [6.45, 7) is 4.78. The molecule has 0 bridgehead atoms. The summed E-state index contributed by atoms with van der Waals surface area (Å²) in [6, 6.07) is -0.273. The third-order valence-electron chi connectivity index (χ3n) is 2.75. The SMILES string of the molecule is CSCCCCCCNC(=O)N(CC(=O)O)CC(C)C. The van der Waals surface area contributed by atoms with Gasteiger partial charge >= 0.3 is 12.0 Å². The molecular weight excluding hydrogens is 276 g/mol. The van der Waals surface area contributed by atoms with Crippen LogP contribution in [-0.4, -0.2) is 53.6 Å². The molecule has 0 aliphatic heterocycles. The molecule has 0 saturated heterocycles. The van der Waals surface area contributed by atoms with E-state index in [-0.39, 0.29) is 18.5 Å². The van der Waals surface area contributed by atoms with Gasteiger partial charge in [0.1, 0.15) is 6.54 Å². The van der Waals surface area contributed by atoms with Crippen LogP contribution in [-0.2, 0) is 4.79 Å². The Labute approximate surface area is 126 Å². The number of thioether (sulfide) groups is 1. The van der Waals surface area contributed by atoms with E-state index in [4.69, 9.17) is 5.11 Å². The summed E-state index contributed by atoms with van der Waals surface area (Å²) in [5, 5.41) is 11.6. The lowest BCUT2D eigenvalue weighted by molar-refractivity contribution is -0.137. The molecule has 0 spiro atoms. The highest BCUT2D eigenvalue weighted by Crippen LogP contribution is 2.04. The van der Waals surface area contributed by atoms with E-state index >= 15 is 0 Å². The number of hydrogen-bond donors (Lipinski definition) is 2. The van der Waals surface area contributed by atoms with Crippen LogP contribution in [0.4, 0.5) is 4.79 Å². The Morgan fingerprint density at radius 1 is 1.20 bits per heavy atom. The van der Waals surface area contributed by atoms with E-state index in [1.165, 1.54) is 23.5 Å². The number of carboxylic acids is 1. The molecule has 0 aromatic carbocycles. The maximum Gasteiger partial charge on any atom is 0.323 e. The maximum atomic E-state index is 11.9. The second kappa shape index (κ2) is 11.9. The van der Waals surface area contributed by atoms with Gasteiger partial charge in [0.25, 0.3) is 0 Å². The third kappa shape index (κ3) is 11.0. The van der Waals surface area contributed by atoms with Crippen molar-refractivity contribution < 1.29 is 14.7 Å². The smallest absolute Gasteiger partial charge is 0.323 e. The molecule has 0 unspecified atom stereocenters. The van der Waals surface area contributed by atoms with Gasteiger partial charge in [0.2, 0.25) is 0 Å². The maximum absolute atomic E-state index is 11.9. The first kappa shape index (κ1) is 19.1. The monoisotopic (exact) mass is 304 g/mol. The van der Waals surface area contributed by atoms with E-state index in [1.54, 1.807) is 0 Å². The molecule has 0 aliphatic rings. The topological polar surface area (TPSA) is 69.6 Å². The van der Waals surface area contributed by atoms with Gasteiger partial charge in [-0.15, -0.1) is 0 Å². The molecule has 0 aliphatic carbocycles. The van der Waals surface area contributed by atoms with Crippen molar-refractivity contribution in [3.63, 3.8) is 0 Å². The van der Waals surface area contributed by atoms with Crippen molar-refractivity contribution in [1.29, 1.82) is 0 Å². The Balaban J connectivity index is 3.86. The van der Waals surface area contributed by atoms with Gasteiger partial charge in [-0.2, -0.15) is 11.8 Å². The molecule has 2 amide bonds. The van der Waals surface area contributed by atoms with Crippen LogP contribution in [0.2, 0.25) is 0 Å². The summed E-state index contributed by atoms with van der Waals surface area (Å²) in [5.41, 5.74) is 0. The molecular formula is C14H28N2O3S. The van der Waals surface area contributed by atoms with Gasteiger partial charge in [0.05, 0.1) is 0 Å². The van der Waals surface area contributed by atoms with Gasteiger partial charge in [0, 0.05) is 13.1 Å². The van der Waals surface area contributed by atoms with Crippen molar-refractivity contribution in [2.75, 3.05) is 31.6 Å². The zero-order chi connectivity index (χ0) is 15.4. The summed E-state index contributed by atoms with van der Waals surface area (Å²) in [4.78, 5) is 24.0. The Kier molecular flexibility index (Phi) is 11.3. The number of aliphatic carboxylic acids is 1. The minimum absolute atomic E-state index is 0.238. The van der Waals surface area contributed by atoms with E-state index < -0.39 is 5.97 Å². The molecule has 0 radical (unpaired) electrons. The first-order valence-corrected chi connectivity index (χ1v) is 8.60. The normalized spacial score (nSPS) is 10.6. The predicted molar refractivity (Wildman–Crippen MR) is 84.3 cm³/mol. The first-order valence-electron chi connectivity index (χ1n) is 7.20. The van der Waals surface area contributed by atoms with Crippen molar-refractivity contribution >= 4 is 23.8 Å². The van der Waals surface area contributed by atoms with Crippen LogP contribution < -0.4 is 5.32 Å². The summed E-state index contributed by atoms with van der Waals surface area (Å²) in [6.07, 6.45) is 6.55. The summed E-state index contributed by atoms with van der Waals surface area (Å²) < 4.78 is 0. The van der Waals surface area contributed by atoms with Crippen LogP contribution in [0, 0.1) is 5.92 Å². The van der Waals surface area contributed by atoms with Crippen LogP contribution in [0.15, 0.2) is 0 Å². The van der Waals surface area contributed by atoms with E-state index in [0.717, 1.165) is 12.8 Å². The second-order valence-corrected chi connectivity index (χ2v) is 6.29. The largest absolute Gasteiger partial charge is 0.480 e. The van der Waals surface area contributed by atoms with Crippen LogP contribution in [0.5, 0.6) is 0 Å². The molecule has 0 aromatic heterocycles. The lowest BCUT2D eigenvalue weighted by Gasteiger charge is -2.23. The van der Waals surface area contributed by atoms with Crippen LogP contribution in [0.3, 0.4) is 0 Å². The Bertz CT molecular complexity index is 286. The molecule has 2 N–H and O–H groups in total. The number of urea groups is 1. The van der Waals surface area contributed by atoms with Crippen LogP contribution in [0.25, 0.3) is 0 Å². The highest BCUT2D eigenvalue weighted by atomic mass is 32.2. The number of rotatable bonds is 11. The Morgan fingerprint density at radius 3 is 2.40 bits per heavy atom. The van der Waals surface area contributed by atoms with Crippen molar-refractivity contribution in [1.82, 2.24) is 10.2 Å². The Morgan fingerprint density at radius 2 is 1.85 bits per heavy atom. The Hall–Kier alpha value is -0.910. The van der Waals surface area contributed by atoms with Crippen molar-refractivity contribution in [2.24, 2.45) is 5.92 Å². The number of nitrogens with zero attached hydrogens (tertiary/aromatic N) is 1. The summed E-state index contributed by atoms with van der Waals surface area (Å²) in [7, 11) is 0. The van der Waals surface area contributed by atoms with Gasteiger partial charge in [-0.05, 0) is 30.8 Å². The fourth-order valence-electron chi connectivity index (χ4n) is 1.86. The van der Waals surface area contributed by atoms with E-state index in [9.17, 15) is 9.59 Å². The van der Waals surface area contributed by atoms with Gasteiger partial charge < -0.3 is 15.3 Å². The molecule has 0 heterocycles. The summed E-state index contributed by atoms with van der Waals surface area (Å²) >= 11 is 1.85. The van der Waals surface area contributed by atoms with Gasteiger partial charge in [-0.25, -0.2) is 4.79 Å². The molecule has 6 heteroatoms. The van der Waals surface area contributed by atoms with Gasteiger partial charge in [0.15, 0.2) is 0 Å². The zero-order valence-electron chi connectivity index (χ0n) is 12.9. The number of hydrogen-bond acceptors (Lipinski definition) is 3. The number of unbranched alkanes of at least 4 members (excludes halogenated alkanes) is 3. The molecule has 0 saturated carbocycles. The lowest BCUT2D eigenvalue weighted by atomic mass is 10.2. The number of amides is 2. The van der Waals surface area contributed by atoms with Crippen molar-refractivity contribution in [3.05, 3.63) is 0 Å². The van der Waals surface area contributed by atoms with Gasteiger partial charge in [-0.1, -0.05) is 26.7 Å². The number of nitrogens with one attached hydrogen (secondary N) is 1. The quantitative estimate of drug-likeness (QED) is 0.576. The van der Waals surface area contributed by atoms with Gasteiger partial charge in [-0.3, -0.25) is 4.79 Å². The third-order valence-corrected chi connectivity index (χ3v) is 3.45. The number of carbonyl (C=O) groups is 2. The van der Waals surface area contributed by atoms with E-state index in [0.29, 0.717) is 13.1 Å². The average Bonchev–Trinajstić information content (AvgIpc) is 2.35. The van der Waals surface area contributed by atoms with Crippen molar-refractivity contribution in [3.8, 4) is 0 Å². The molecule has 0 aromatic rings. The molecule has 20 heavy (non-hydrogen) atoms.